The molecule has 0 radical (unpaired) electrons. The van der Waals surface area contributed by atoms with Crippen LogP contribution in [0.1, 0.15) is 36.1 Å². The van der Waals surface area contributed by atoms with E-state index in [1.54, 1.807) is 0 Å². The number of hydrogen-bond donors (Lipinski definition) is 0. The summed E-state index contributed by atoms with van der Waals surface area (Å²) in [5.41, 5.74) is 7.77. The van der Waals surface area contributed by atoms with Crippen LogP contribution in [-0.4, -0.2) is 8.07 Å². The third kappa shape index (κ3) is 3.15. The van der Waals surface area contributed by atoms with Crippen LogP contribution in [0.4, 0.5) is 0 Å². The molecular formula is C26H26Si. The van der Waals surface area contributed by atoms with Gasteiger partial charge in [0.25, 0.3) is 0 Å². The summed E-state index contributed by atoms with van der Waals surface area (Å²) in [4.78, 5) is 0. The van der Waals surface area contributed by atoms with Crippen molar-refractivity contribution in [3.05, 3.63) is 89.0 Å². The summed E-state index contributed by atoms with van der Waals surface area (Å²) in [6.45, 7) is 11.9. The Morgan fingerprint density at radius 2 is 1.26 bits per heavy atom. The molecule has 134 valence electrons. The van der Waals surface area contributed by atoms with E-state index in [1.807, 2.05) is 18.2 Å². The highest BCUT2D eigenvalue weighted by Gasteiger charge is 2.36. The van der Waals surface area contributed by atoms with Crippen LogP contribution in [0.5, 0.6) is 0 Å². The molecule has 0 N–H and O–H groups in total. The zero-order valence-electron chi connectivity index (χ0n) is 16.9. The minimum absolute atomic E-state index is 0.0186. The number of fused-ring (bicyclic) bond motifs is 3. The smallest absolute Gasteiger partial charge is 0.0656 e. The highest BCUT2D eigenvalue weighted by Crippen LogP contribution is 2.48. The van der Waals surface area contributed by atoms with Crippen molar-refractivity contribution in [2.24, 2.45) is 0 Å². The summed E-state index contributed by atoms with van der Waals surface area (Å²) in [5.74, 6) is 6.63. The van der Waals surface area contributed by atoms with Gasteiger partial charge in [0, 0.05) is 16.5 Å². The van der Waals surface area contributed by atoms with Crippen molar-refractivity contribution in [1.82, 2.24) is 0 Å². The molecule has 0 aliphatic heterocycles. The average molecular weight is 367 g/mol. The highest BCUT2D eigenvalue weighted by atomic mass is 28.3. The summed E-state index contributed by atoms with van der Waals surface area (Å²) in [7, 11) is -1.33. The van der Waals surface area contributed by atoms with Crippen LogP contribution >= 0.6 is 0 Å². The molecule has 3 aromatic rings. The van der Waals surface area contributed by atoms with Crippen molar-refractivity contribution in [3.8, 4) is 23.0 Å². The molecule has 0 atom stereocenters. The largest absolute Gasteiger partial charge is 0.0776 e. The summed E-state index contributed by atoms with van der Waals surface area (Å²) in [5, 5.41) is 1.53. The monoisotopic (exact) mass is 366 g/mol. The lowest BCUT2D eigenvalue weighted by Crippen LogP contribution is -2.38. The van der Waals surface area contributed by atoms with E-state index in [1.165, 1.54) is 27.4 Å². The Bertz CT molecular complexity index is 1070. The van der Waals surface area contributed by atoms with Gasteiger partial charge >= 0.3 is 0 Å². The molecule has 0 spiro atoms. The molecule has 1 aliphatic rings. The third-order valence-corrected chi connectivity index (χ3v) is 7.71. The Labute approximate surface area is 164 Å². The van der Waals surface area contributed by atoms with E-state index < -0.39 is 8.07 Å². The van der Waals surface area contributed by atoms with Gasteiger partial charge in [0.05, 0.1) is 8.07 Å². The molecule has 0 saturated carbocycles. The first kappa shape index (κ1) is 17.8. The van der Waals surface area contributed by atoms with Crippen molar-refractivity contribution in [1.29, 1.82) is 0 Å². The van der Waals surface area contributed by atoms with Gasteiger partial charge in [0.15, 0.2) is 0 Å². The van der Waals surface area contributed by atoms with Crippen LogP contribution < -0.4 is 5.19 Å². The zero-order chi connectivity index (χ0) is 19.2. The Hall–Kier alpha value is -2.56. The summed E-state index contributed by atoms with van der Waals surface area (Å²) in [6.07, 6.45) is 0. The Kier molecular flexibility index (Phi) is 4.13. The van der Waals surface area contributed by atoms with Gasteiger partial charge in [-0.25, -0.2) is 0 Å². The maximum atomic E-state index is 3.35. The van der Waals surface area contributed by atoms with Gasteiger partial charge in [-0.15, -0.1) is 0 Å². The fourth-order valence-corrected chi connectivity index (χ4v) is 5.11. The maximum Gasteiger partial charge on any atom is 0.0776 e. The summed E-state index contributed by atoms with van der Waals surface area (Å²) < 4.78 is 0. The van der Waals surface area contributed by atoms with Crippen molar-refractivity contribution in [3.63, 3.8) is 0 Å². The third-order valence-electron chi connectivity index (χ3n) is 5.67. The minimum Gasteiger partial charge on any atom is -0.0656 e. The average Bonchev–Trinajstić information content (AvgIpc) is 2.87. The van der Waals surface area contributed by atoms with Gasteiger partial charge in [0.1, 0.15) is 0 Å². The fraction of sp³-hybridized carbons (Fsp3) is 0.231. The SMILES string of the molecule is CC1(C)c2cc(C#Cc3ccccc3)ccc2-c2ccc([Si](C)(C)C)cc21. The normalized spacial score (nSPS) is 14.1. The van der Waals surface area contributed by atoms with E-state index >= 15 is 0 Å². The van der Waals surface area contributed by atoms with E-state index in [2.05, 4.69) is 93.9 Å². The van der Waals surface area contributed by atoms with Crippen molar-refractivity contribution in [2.45, 2.75) is 38.9 Å². The first-order valence-corrected chi connectivity index (χ1v) is 13.1. The number of rotatable bonds is 1. The molecule has 1 aliphatic carbocycles. The maximum absolute atomic E-state index is 3.35. The van der Waals surface area contributed by atoms with Gasteiger partial charge in [-0.2, -0.15) is 0 Å². The molecule has 4 rings (SSSR count). The van der Waals surface area contributed by atoms with Crippen LogP contribution in [0.25, 0.3) is 11.1 Å². The zero-order valence-corrected chi connectivity index (χ0v) is 17.9. The molecule has 0 aromatic heterocycles. The first-order valence-electron chi connectivity index (χ1n) is 9.64. The molecule has 3 aromatic carbocycles. The van der Waals surface area contributed by atoms with Gasteiger partial charge in [0.2, 0.25) is 0 Å². The highest BCUT2D eigenvalue weighted by molar-refractivity contribution is 6.88. The summed E-state index contributed by atoms with van der Waals surface area (Å²) in [6, 6.07) is 24.1. The topological polar surface area (TPSA) is 0 Å². The predicted octanol–water partition coefficient (Wildman–Crippen LogP) is 5.94. The van der Waals surface area contributed by atoms with Crippen molar-refractivity contribution >= 4 is 13.3 Å². The Morgan fingerprint density at radius 1 is 0.667 bits per heavy atom. The van der Waals surface area contributed by atoms with Crippen LogP contribution in [0, 0.1) is 11.8 Å². The fourth-order valence-electron chi connectivity index (χ4n) is 3.95. The molecule has 0 heterocycles. The predicted molar refractivity (Wildman–Crippen MR) is 119 cm³/mol. The van der Waals surface area contributed by atoms with E-state index in [0.717, 1.165) is 11.1 Å². The second kappa shape index (κ2) is 6.25. The molecule has 0 amide bonds. The molecule has 1 heteroatoms. The summed E-state index contributed by atoms with van der Waals surface area (Å²) >= 11 is 0. The second-order valence-corrected chi connectivity index (χ2v) is 14.1. The molecule has 0 unspecified atom stereocenters. The number of hydrogen-bond acceptors (Lipinski definition) is 0. The Balaban J connectivity index is 1.78. The van der Waals surface area contributed by atoms with Crippen molar-refractivity contribution < 1.29 is 0 Å². The Morgan fingerprint density at radius 3 is 1.93 bits per heavy atom. The molecular weight excluding hydrogens is 340 g/mol. The van der Waals surface area contributed by atoms with E-state index in [-0.39, 0.29) is 5.41 Å². The minimum atomic E-state index is -1.33. The van der Waals surface area contributed by atoms with E-state index in [0.29, 0.717) is 0 Å². The quantitative estimate of drug-likeness (QED) is 0.369. The standard InChI is InChI=1S/C26H26Si/c1-26(2)24-17-20(12-11-19-9-7-6-8-10-19)13-15-22(24)23-16-14-21(18-25(23)26)27(3,4)5/h6-10,13-18H,1-5H3. The molecule has 0 fully saturated rings. The van der Waals surface area contributed by atoms with Crippen LogP contribution in [-0.2, 0) is 5.41 Å². The van der Waals surface area contributed by atoms with Gasteiger partial charge in [-0.1, -0.05) is 93.0 Å². The molecule has 0 bridgehead atoms. The molecule has 0 nitrogen and oxygen atoms in total. The van der Waals surface area contributed by atoms with Gasteiger partial charge < -0.3 is 0 Å². The van der Waals surface area contributed by atoms with Crippen molar-refractivity contribution in [2.75, 3.05) is 0 Å². The number of benzene rings is 3. The van der Waals surface area contributed by atoms with Gasteiger partial charge in [-0.05, 0) is 46.5 Å². The lowest BCUT2D eigenvalue weighted by molar-refractivity contribution is 0.660. The van der Waals surface area contributed by atoms with Gasteiger partial charge in [-0.3, -0.25) is 0 Å². The molecule has 27 heavy (non-hydrogen) atoms. The first-order chi connectivity index (χ1) is 12.8. The van der Waals surface area contributed by atoms with Crippen LogP contribution in [0.3, 0.4) is 0 Å². The van der Waals surface area contributed by atoms with Crippen LogP contribution in [0.15, 0.2) is 66.7 Å². The lowest BCUT2D eigenvalue weighted by atomic mass is 9.82. The van der Waals surface area contributed by atoms with E-state index in [9.17, 15) is 0 Å². The van der Waals surface area contributed by atoms with E-state index in [4.69, 9.17) is 0 Å². The van der Waals surface area contributed by atoms with Crippen LogP contribution in [0.2, 0.25) is 19.6 Å². The lowest BCUT2D eigenvalue weighted by Gasteiger charge is -2.24. The second-order valence-electron chi connectivity index (χ2n) is 9.01. The molecule has 0 saturated heterocycles.